The van der Waals surface area contributed by atoms with Crippen molar-refractivity contribution in [1.29, 1.82) is 0 Å². The summed E-state index contributed by atoms with van der Waals surface area (Å²) < 4.78 is 0. The van der Waals surface area contributed by atoms with Crippen LogP contribution in [-0.2, 0) is 0 Å². The van der Waals surface area contributed by atoms with Gasteiger partial charge in [0.15, 0.2) is 0 Å². The standard InChI is InChI=1S/C20H32/c1-14-7-10-17-16-9-8-15-6-4-5-12-20(15,3)18(16)11-13-19(14,17)2/h8,14,16-18H,4-7,9-13H2,1-3H3/t14?,16-,17-,18-,19+,20-/m0/s1. The van der Waals surface area contributed by atoms with E-state index in [1.54, 1.807) is 0 Å². The molecule has 6 atom stereocenters. The van der Waals surface area contributed by atoms with Gasteiger partial charge in [0.1, 0.15) is 0 Å². The molecule has 0 amide bonds. The first-order valence-corrected chi connectivity index (χ1v) is 9.25. The van der Waals surface area contributed by atoms with Gasteiger partial charge in [-0.15, -0.1) is 0 Å². The van der Waals surface area contributed by atoms with Gasteiger partial charge in [0.25, 0.3) is 0 Å². The Morgan fingerprint density at radius 2 is 1.85 bits per heavy atom. The molecule has 0 aromatic carbocycles. The molecule has 4 aliphatic rings. The van der Waals surface area contributed by atoms with E-state index in [0.29, 0.717) is 10.8 Å². The molecular weight excluding hydrogens is 240 g/mol. The highest BCUT2D eigenvalue weighted by Crippen LogP contribution is 2.66. The molecule has 0 aliphatic heterocycles. The molecular formula is C20H32. The highest BCUT2D eigenvalue weighted by molar-refractivity contribution is 5.24. The summed E-state index contributed by atoms with van der Waals surface area (Å²) in [5.41, 5.74) is 3.13. The molecule has 0 radical (unpaired) electrons. The molecule has 0 heterocycles. The summed E-state index contributed by atoms with van der Waals surface area (Å²) in [6.07, 6.45) is 16.0. The Bertz CT molecular complexity index is 433. The monoisotopic (exact) mass is 272 g/mol. The Kier molecular flexibility index (Phi) is 2.93. The summed E-state index contributed by atoms with van der Waals surface area (Å²) in [5, 5.41) is 0. The van der Waals surface area contributed by atoms with Crippen LogP contribution in [-0.4, -0.2) is 0 Å². The van der Waals surface area contributed by atoms with Gasteiger partial charge in [-0.25, -0.2) is 0 Å². The van der Waals surface area contributed by atoms with Crippen LogP contribution in [0.2, 0.25) is 0 Å². The molecule has 0 nitrogen and oxygen atoms in total. The first-order valence-electron chi connectivity index (χ1n) is 9.25. The second-order valence-corrected chi connectivity index (χ2v) is 8.99. The largest absolute Gasteiger partial charge is 0.0845 e. The van der Waals surface area contributed by atoms with Crippen LogP contribution in [0.1, 0.15) is 78.6 Å². The summed E-state index contributed by atoms with van der Waals surface area (Å²) in [6, 6.07) is 0. The maximum absolute atomic E-state index is 2.70. The molecule has 3 fully saturated rings. The van der Waals surface area contributed by atoms with Crippen LogP contribution in [0.3, 0.4) is 0 Å². The molecule has 4 aliphatic carbocycles. The molecule has 0 spiro atoms. The van der Waals surface area contributed by atoms with E-state index in [0.717, 1.165) is 23.7 Å². The molecule has 0 N–H and O–H groups in total. The van der Waals surface area contributed by atoms with E-state index in [1.165, 1.54) is 57.8 Å². The number of allylic oxidation sites excluding steroid dienone is 2. The molecule has 112 valence electrons. The predicted octanol–water partition coefficient (Wildman–Crippen LogP) is 5.98. The molecule has 0 saturated heterocycles. The Morgan fingerprint density at radius 1 is 1.00 bits per heavy atom. The maximum Gasteiger partial charge on any atom is -0.00853 e. The van der Waals surface area contributed by atoms with Crippen LogP contribution < -0.4 is 0 Å². The van der Waals surface area contributed by atoms with Crippen molar-refractivity contribution in [2.45, 2.75) is 78.6 Å². The van der Waals surface area contributed by atoms with E-state index in [-0.39, 0.29) is 0 Å². The second-order valence-electron chi connectivity index (χ2n) is 8.99. The van der Waals surface area contributed by atoms with Gasteiger partial charge in [-0.2, -0.15) is 0 Å². The van der Waals surface area contributed by atoms with E-state index in [4.69, 9.17) is 0 Å². The van der Waals surface area contributed by atoms with Crippen molar-refractivity contribution in [3.05, 3.63) is 11.6 Å². The van der Waals surface area contributed by atoms with E-state index in [9.17, 15) is 0 Å². The summed E-state index contributed by atoms with van der Waals surface area (Å²) >= 11 is 0. The molecule has 0 heteroatoms. The topological polar surface area (TPSA) is 0 Å². The molecule has 0 aromatic rings. The van der Waals surface area contributed by atoms with Crippen molar-refractivity contribution in [2.24, 2.45) is 34.5 Å². The Labute approximate surface area is 125 Å². The fraction of sp³-hybridized carbons (Fsp3) is 0.900. The lowest BCUT2D eigenvalue weighted by atomic mass is 9.47. The Balaban J connectivity index is 1.69. The van der Waals surface area contributed by atoms with Crippen LogP contribution in [0, 0.1) is 34.5 Å². The van der Waals surface area contributed by atoms with Crippen molar-refractivity contribution >= 4 is 0 Å². The zero-order chi connectivity index (χ0) is 14.0. The quantitative estimate of drug-likeness (QED) is 0.476. The molecule has 1 unspecified atom stereocenters. The summed E-state index contributed by atoms with van der Waals surface area (Å²) in [6.45, 7) is 7.80. The molecule has 3 saturated carbocycles. The van der Waals surface area contributed by atoms with E-state index >= 15 is 0 Å². The lowest BCUT2D eigenvalue weighted by molar-refractivity contribution is -0.0384. The van der Waals surface area contributed by atoms with Crippen molar-refractivity contribution in [3.8, 4) is 0 Å². The number of hydrogen-bond acceptors (Lipinski definition) is 0. The minimum Gasteiger partial charge on any atom is -0.0845 e. The van der Waals surface area contributed by atoms with Gasteiger partial charge in [-0.3, -0.25) is 0 Å². The highest BCUT2D eigenvalue weighted by Gasteiger charge is 2.57. The zero-order valence-corrected chi connectivity index (χ0v) is 13.8. The van der Waals surface area contributed by atoms with Crippen molar-refractivity contribution in [3.63, 3.8) is 0 Å². The highest BCUT2D eigenvalue weighted by atomic mass is 14.6. The minimum absolute atomic E-state index is 0.592. The third kappa shape index (κ3) is 1.60. The van der Waals surface area contributed by atoms with Gasteiger partial charge >= 0.3 is 0 Å². The lowest BCUT2D eigenvalue weighted by Gasteiger charge is -2.57. The summed E-state index contributed by atoms with van der Waals surface area (Å²) in [4.78, 5) is 0. The summed E-state index contributed by atoms with van der Waals surface area (Å²) in [7, 11) is 0. The van der Waals surface area contributed by atoms with Gasteiger partial charge in [0, 0.05) is 0 Å². The van der Waals surface area contributed by atoms with Crippen molar-refractivity contribution < 1.29 is 0 Å². The van der Waals surface area contributed by atoms with E-state index in [1.807, 2.05) is 5.57 Å². The average Bonchev–Trinajstić information content (AvgIpc) is 2.74. The minimum atomic E-state index is 0.592. The number of rotatable bonds is 0. The van der Waals surface area contributed by atoms with Crippen LogP contribution in [0.15, 0.2) is 11.6 Å². The third-order valence-electron chi connectivity index (χ3n) is 8.49. The predicted molar refractivity (Wildman–Crippen MR) is 85.5 cm³/mol. The third-order valence-corrected chi connectivity index (χ3v) is 8.49. The smallest absolute Gasteiger partial charge is 0.00853 e. The number of hydrogen-bond donors (Lipinski definition) is 0. The van der Waals surface area contributed by atoms with Gasteiger partial charge in [-0.1, -0.05) is 38.8 Å². The molecule has 4 rings (SSSR count). The summed E-state index contributed by atoms with van der Waals surface area (Å²) in [5.74, 6) is 4.04. The first-order chi connectivity index (χ1) is 9.56. The Hall–Kier alpha value is -0.260. The number of fused-ring (bicyclic) bond motifs is 5. The fourth-order valence-corrected chi connectivity index (χ4v) is 6.96. The molecule has 0 aromatic heterocycles. The first kappa shape index (κ1) is 13.4. The van der Waals surface area contributed by atoms with Crippen molar-refractivity contribution in [2.75, 3.05) is 0 Å². The van der Waals surface area contributed by atoms with Crippen LogP contribution in [0.25, 0.3) is 0 Å². The fourth-order valence-electron chi connectivity index (χ4n) is 6.96. The van der Waals surface area contributed by atoms with Gasteiger partial charge in [0.2, 0.25) is 0 Å². The van der Waals surface area contributed by atoms with Crippen molar-refractivity contribution in [1.82, 2.24) is 0 Å². The normalized spacial score (nSPS) is 54.6. The van der Waals surface area contributed by atoms with E-state index < -0.39 is 0 Å². The van der Waals surface area contributed by atoms with Gasteiger partial charge < -0.3 is 0 Å². The van der Waals surface area contributed by atoms with Crippen LogP contribution in [0.5, 0.6) is 0 Å². The average molecular weight is 272 g/mol. The van der Waals surface area contributed by atoms with Gasteiger partial charge in [0.05, 0.1) is 0 Å². The van der Waals surface area contributed by atoms with E-state index in [2.05, 4.69) is 26.8 Å². The maximum atomic E-state index is 2.70. The lowest BCUT2D eigenvalue weighted by Crippen LogP contribution is -2.49. The second kappa shape index (κ2) is 4.37. The van der Waals surface area contributed by atoms with Gasteiger partial charge in [-0.05, 0) is 85.9 Å². The zero-order valence-electron chi connectivity index (χ0n) is 13.8. The van der Waals surface area contributed by atoms with Crippen LogP contribution in [0.4, 0.5) is 0 Å². The molecule has 20 heavy (non-hydrogen) atoms. The Morgan fingerprint density at radius 3 is 2.70 bits per heavy atom. The van der Waals surface area contributed by atoms with Crippen LogP contribution >= 0.6 is 0 Å². The molecule has 0 bridgehead atoms. The SMILES string of the molecule is CC1CC[C@H]2[C@@H]3CC=C4CCCC[C@]4(C)[C@H]3CC[C@]12C.